The van der Waals surface area contributed by atoms with Gasteiger partial charge in [0.25, 0.3) is 0 Å². The monoisotopic (exact) mass is 343 g/mol. The average molecular weight is 344 g/mol. The van der Waals surface area contributed by atoms with Gasteiger partial charge in [-0.15, -0.1) is 0 Å². The first-order valence-corrected chi connectivity index (χ1v) is 8.13. The smallest absolute Gasteiger partial charge is 0.193 e. The number of rotatable bonds is 4. The van der Waals surface area contributed by atoms with Crippen LogP contribution in [0.1, 0.15) is 34.3 Å². The van der Waals surface area contributed by atoms with Gasteiger partial charge in [0, 0.05) is 22.1 Å². The minimum atomic E-state index is 0.0789. The van der Waals surface area contributed by atoms with Crippen molar-refractivity contribution < 1.29 is 4.79 Å². The molecule has 0 aliphatic carbocycles. The molecule has 0 aromatic heterocycles. The maximum atomic E-state index is 12.4. The number of ketones is 1. The summed E-state index contributed by atoms with van der Waals surface area (Å²) >= 11 is 3.39. The van der Waals surface area contributed by atoms with E-state index in [9.17, 15) is 4.79 Å². The molecule has 0 bridgehead atoms. The molecule has 0 unspecified atom stereocenters. The zero-order chi connectivity index (χ0) is 14.7. The molecule has 1 aliphatic rings. The Morgan fingerprint density at radius 3 is 2.00 bits per heavy atom. The second-order valence-corrected chi connectivity index (χ2v) is 6.43. The molecule has 0 spiro atoms. The third-order valence-corrected chi connectivity index (χ3v) is 4.46. The van der Waals surface area contributed by atoms with Crippen LogP contribution in [0, 0.1) is 0 Å². The van der Waals surface area contributed by atoms with Gasteiger partial charge in [-0.25, -0.2) is 0 Å². The predicted molar refractivity (Wildman–Crippen MR) is 88.5 cm³/mol. The molecule has 3 rings (SSSR count). The van der Waals surface area contributed by atoms with E-state index in [4.69, 9.17) is 0 Å². The van der Waals surface area contributed by atoms with Crippen molar-refractivity contribution in [3.8, 4) is 0 Å². The quantitative estimate of drug-likeness (QED) is 0.772. The predicted octanol–water partition coefficient (Wildman–Crippen LogP) is 4.28. The van der Waals surface area contributed by atoms with Gasteiger partial charge in [0.05, 0.1) is 0 Å². The van der Waals surface area contributed by atoms with E-state index in [-0.39, 0.29) is 5.78 Å². The van der Waals surface area contributed by atoms with Crippen molar-refractivity contribution >= 4 is 21.7 Å². The zero-order valence-corrected chi connectivity index (χ0v) is 13.5. The number of carbonyl (C=O) groups is 1. The third kappa shape index (κ3) is 3.60. The van der Waals surface area contributed by atoms with Crippen LogP contribution in [0.25, 0.3) is 0 Å². The number of benzene rings is 2. The maximum absolute atomic E-state index is 12.4. The van der Waals surface area contributed by atoms with Crippen molar-refractivity contribution in [2.24, 2.45) is 0 Å². The Bertz CT molecular complexity index is 613. The highest BCUT2D eigenvalue weighted by Gasteiger charge is 2.12. The number of halogens is 1. The summed E-state index contributed by atoms with van der Waals surface area (Å²) in [5, 5.41) is 0. The average Bonchev–Trinajstić information content (AvgIpc) is 3.01. The molecule has 1 aliphatic heterocycles. The highest BCUT2D eigenvalue weighted by atomic mass is 79.9. The van der Waals surface area contributed by atoms with Crippen LogP contribution in [0.15, 0.2) is 53.0 Å². The lowest BCUT2D eigenvalue weighted by molar-refractivity contribution is 0.103. The van der Waals surface area contributed by atoms with Crippen molar-refractivity contribution in [1.29, 1.82) is 0 Å². The van der Waals surface area contributed by atoms with Crippen LogP contribution in [0.2, 0.25) is 0 Å². The highest BCUT2D eigenvalue weighted by Crippen LogP contribution is 2.17. The van der Waals surface area contributed by atoms with Crippen LogP contribution in [0.5, 0.6) is 0 Å². The van der Waals surface area contributed by atoms with Gasteiger partial charge in [-0.05, 0) is 55.8 Å². The van der Waals surface area contributed by atoms with E-state index < -0.39 is 0 Å². The van der Waals surface area contributed by atoms with Crippen molar-refractivity contribution in [1.82, 2.24) is 4.90 Å². The van der Waals surface area contributed by atoms with E-state index in [2.05, 4.69) is 33.0 Å². The van der Waals surface area contributed by atoms with Crippen molar-refractivity contribution in [2.75, 3.05) is 13.1 Å². The van der Waals surface area contributed by atoms with E-state index in [1.54, 1.807) is 0 Å². The first-order chi connectivity index (χ1) is 10.2. The molecule has 1 fully saturated rings. The first kappa shape index (κ1) is 14.5. The van der Waals surface area contributed by atoms with Gasteiger partial charge < -0.3 is 0 Å². The van der Waals surface area contributed by atoms with Gasteiger partial charge in [0.2, 0.25) is 0 Å². The normalized spacial score (nSPS) is 15.3. The standard InChI is InChI=1S/C18H18BrNO/c19-17-9-7-16(8-10-17)18(21)15-5-3-14(4-6-15)13-20-11-1-2-12-20/h3-10H,1-2,11-13H2. The molecule has 21 heavy (non-hydrogen) atoms. The fourth-order valence-electron chi connectivity index (χ4n) is 2.73. The number of hydrogen-bond donors (Lipinski definition) is 0. The van der Waals surface area contributed by atoms with Crippen molar-refractivity contribution in [3.63, 3.8) is 0 Å². The summed E-state index contributed by atoms with van der Waals surface area (Å²) in [6.45, 7) is 3.38. The first-order valence-electron chi connectivity index (χ1n) is 7.34. The van der Waals surface area contributed by atoms with Crippen LogP contribution in [-0.4, -0.2) is 23.8 Å². The van der Waals surface area contributed by atoms with E-state index in [1.165, 1.54) is 31.5 Å². The molecule has 0 atom stereocenters. The molecule has 2 aromatic rings. The summed E-state index contributed by atoms with van der Waals surface area (Å²) in [7, 11) is 0. The number of nitrogens with zero attached hydrogens (tertiary/aromatic N) is 1. The summed E-state index contributed by atoms with van der Waals surface area (Å²) in [6, 6.07) is 15.5. The fourth-order valence-corrected chi connectivity index (χ4v) is 2.99. The summed E-state index contributed by atoms with van der Waals surface area (Å²) in [4.78, 5) is 14.9. The second kappa shape index (κ2) is 6.54. The van der Waals surface area contributed by atoms with Gasteiger partial charge in [0.15, 0.2) is 5.78 Å². The molecule has 1 heterocycles. The molecule has 2 aromatic carbocycles. The highest BCUT2D eigenvalue weighted by molar-refractivity contribution is 9.10. The fraction of sp³-hybridized carbons (Fsp3) is 0.278. The number of carbonyl (C=O) groups excluding carboxylic acids is 1. The molecular formula is C18H18BrNO. The molecule has 0 saturated carbocycles. The molecule has 0 N–H and O–H groups in total. The van der Waals surface area contributed by atoms with Crippen LogP contribution < -0.4 is 0 Å². The van der Waals surface area contributed by atoms with E-state index in [1.807, 2.05) is 36.4 Å². The summed E-state index contributed by atoms with van der Waals surface area (Å²) < 4.78 is 0.986. The minimum Gasteiger partial charge on any atom is -0.299 e. The molecule has 2 nitrogen and oxygen atoms in total. The van der Waals surface area contributed by atoms with Crippen molar-refractivity contribution in [2.45, 2.75) is 19.4 Å². The lowest BCUT2D eigenvalue weighted by Gasteiger charge is -2.14. The Hall–Kier alpha value is -1.45. The molecule has 0 radical (unpaired) electrons. The Kier molecular flexibility index (Phi) is 4.51. The van der Waals surface area contributed by atoms with E-state index >= 15 is 0 Å². The third-order valence-electron chi connectivity index (χ3n) is 3.93. The van der Waals surface area contributed by atoms with Gasteiger partial charge >= 0.3 is 0 Å². The Morgan fingerprint density at radius 1 is 0.905 bits per heavy atom. The molecule has 108 valence electrons. The largest absolute Gasteiger partial charge is 0.299 e. The van der Waals surface area contributed by atoms with E-state index in [0.717, 1.165) is 22.1 Å². The number of hydrogen-bond acceptors (Lipinski definition) is 2. The van der Waals surface area contributed by atoms with Gasteiger partial charge in [0.1, 0.15) is 0 Å². The van der Waals surface area contributed by atoms with Gasteiger partial charge in [-0.1, -0.05) is 40.2 Å². The minimum absolute atomic E-state index is 0.0789. The lowest BCUT2D eigenvalue weighted by atomic mass is 10.0. The lowest BCUT2D eigenvalue weighted by Crippen LogP contribution is -2.18. The molecular weight excluding hydrogens is 326 g/mol. The maximum Gasteiger partial charge on any atom is 0.193 e. The summed E-state index contributed by atoms with van der Waals surface area (Å²) in [5.41, 5.74) is 2.76. The van der Waals surface area contributed by atoms with E-state index in [0.29, 0.717) is 0 Å². The van der Waals surface area contributed by atoms with Gasteiger partial charge in [-0.2, -0.15) is 0 Å². The SMILES string of the molecule is O=C(c1ccc(Br)cc1)c1ccc(CN2CCCC2)cc1. The Morgan fingerprint density at radius 2 is 1.43 bits per heavy atom. The van der Waals surface area contributed by atoms with Crippen LogP contribution in [0.3, 0.4) is 0 Å². The van der Waals surface area contributed by atoms with Crippen LogP contribution in [-0.2, 0) is 6.54 Å². The Labute approximate surface area is 133 Å². The summed E-state index contributed by atoms with van der Waals surface area (Å²) in [5.74, 6) is 0.0789. The molecule has 0 amide bonds. The zero-order valence-electron chi connectivity index (χ0n) is 11.9. The van der Waals surface area contributed by atoms with Crippen LogP contribution >= 0.6 is 15.9 Å². The summed E-state index contributed by atoms with van der Waals surface area (Å²) in [6.07, 6.45) is 2.61. The van der Waals surface area contributed by atoms with Crippen LogP contribution in [0.4, 0.5) is 0 Å². The number of likely N-dealkylation sites (tertiary alicyclic amines) is 1. The van der Waals surface area contributed by atoms with Crippen molar-refractivity contribution in [3.05, 3.63) is 69.7 Å². The van der Waals surface area contributed by atoms with Gasteiger partial charge in [-0.3, -0.25) is 9.69 Å². The molecule has 3 heteroatoms. The molecule has 1 saturated heterocycles. The Balaban J connectivity index is 1.71. The second-order valence-electron chi connectivity index (χ2n) is 5.52. The topological polar surface area (TPSA) is 20.3 Å².